The molecule has 0 saturated carbocycles. The first kappa shape index (κ1) is 18.4. The van der Waals surface area contributed by atoms with E-state index >= 15 is 0 Å². The number of rotatable bonds is 3. The number of hydrogen-bond acceptors (Lipinski definition) is 5. The van der Waals surface area contributed by atoms with Gasteiger partial charge >= 0.3 is 0 Å². The van der Waals surface area contributed by atoms with Gasteiger partial charge in [0.2, 0.25) is 5.91 Å². The summed E-state index contributed by atoms with van der Waals surface area (Å²) in [6, 6.07) is 18.1. The fourth-order valence-electron chi connectivity index (χ4n) is 4.03. The molecular formula is C22H17ClN2O3S. The fourth-order valence-corrected chi connectivity index (χ4v) is 5.01. The Balaban J connectivity index is 1.58. The highest BCUT2D eigenvalue weighted by Gasteiger charge is 2.60. The van der Waals surface area contributed by atoms with Crippen LogP contribution in [-0.2, 0) is 14.4 Å². The number of carbonyl (C=O) groups excluding carboxylic acids is 2. The third-order valence-electron chi connectivity index (χ3n) is 5.39. The molecule has 5 nitrogen and oxygen atoms in total. The van der Waals surface area contributed by atoms with Crippen molar-refractivity contribution < 1.29 is 14.4 Å². The number of imide groups is 1. The predicted octanol–water partition coefficient (Wildman–Crippen LogP) is 4.76. The summed E-state index contributed by atoms with van der Waals surface area (Å²) < 4.78 is 0. The minimum Gasteiger partial charge on any atom is -0.273 e. The van der Waals surface area contributed by atoms with Gasteiger partial charge in [0.15, 0.2) is 6.10 Å². The highest BCUT2D eigenvalue weighted by atomic mass is 35.5. The Hall–Kier alpha value is -2.67. The molecule has 2 saturated heterocycles. The fraction of sp³-hybridized carbons (Fsp3) is 0.182. The van der Waals surface area contributed by atoms with Crippen LogP contribution >= 0.6 is 22.9 Å². The van der Waals surface area contributed by atoms with E-state index in [0.29, 0.717) is 10.7 Å². The lowest BCUT2D eigenvalue weighted by atomic mass is 9.95. The summed E-state index contributed by atoms with van der Waals surface area (Å²) >= 11 is 7.52. The Morgan fingerprint density at radius 3 is 2.41 bits per heavy atom. The maximum Gasteiger partial charge on any atom is 0.266 e. The van der Waals surface area contributed by atoms with E-state index < -0.39 is 12.0 Å². The van der Waals surface area contributed by atoms with Crippen LogP contribution in [0.3, 0.4) is 0 Å². The number of hydrogen-bond donors (Lipinski definition) is 0. The third-order valence-corrected chi connectivity index (χ3v) is 6.58. The number of carbonyl (C=O) groups is 2. The molecule has 2 fully saturated rings. The molecule has 5 rings (SSSR count). The zero-order valence-corrected chi connectivity index (χ0v) is 17.1. The largest absolute Gasteiger partial charge is 0.273 e. The second-order valence-corrected chi connectivity index (χ2v) is 8.53. The van der Waals surface area contributed by atoms with Crippen molar-refractivity contribution >= 4 is 46.1 Å². The molecule has 7 heteroatoms. The van der Waals surface area contributed by atoms with E-state index in [1.54, 1.807) is 40.7 Å². The number of amides is 2. The summed E-state index contributed by atoms with van der Waals surface area (Å²) in [5.74, 6) is -1.21. The normalized spacial score (nSPS) is 23.7. The van der Waals surface area contributed by atoms with E-state index in [2.05, 4.69) is 0 Å². The number of anilines is 2. The van der Waals surface area contributed by atoms with Crippen molar-refractivity contribution in [3.63, 3.8) is 0 Å². The molecule has 0 N–H and O–H groups in total. The van der Waals surface area contributed by atoms with Gasteiger partial charge in [-0.3, -0.25) is 14.4 Å². The molecule has 0 unspecified atom stereocenters. The Morgan fingerprint density at radius 1 is 0.966 bits per heavy atom. The van der Waals surface area contributed by atoms with E-state index in [4.69, 9.17) is 16.4 Å². The first-order valence-corrected chi connectivity index (χ1v) is 10.5. The number of thiophene rings is 1. The van der Waals surface area contributed by atoms with Crippen LogP contribution in [-0.4, -0.2) is 17.9 Å². The lowest BCUT2D eigenvalue weighted by Crippen LogP contribution is -2.37. The third kappa shape index (κ3) is 2.87. The van der Waals surface area contributed by atoms with Gasteiger partial charge in [0, 0.05) is 9.90 Å². The topological polar surface area (TPSA) is 49.9 Å². The number of halogens is 1. The van der Waals surface area contributed by atoms with Crippen LogP contribution in [0.25, 0.3) is 0 Å². The van der Waals surface area contributed by atoms with Crippen LogP contribution in [0, 0.1) is 12.8 Å². The molecule has 0 aliphatic carbocycles. The second kappa shape index (κ2) is 6.99. The molecule has 146 valence electrons. The van der Waals surface area contributed by atoms with Gasteiger partial charge in [-0.2, -0.15) is 0 Å². The summed E-state index contributed by atoms with van der Waals surface area (Å²) in [5.41, 5.74) is 2.39. The average Bonchev–Trinajstić information content (AvgIpc) is 3.41. The van der Waals surface area contributed by atoms with E-state index in [9.17, 15) is 9.59 Å². The molecule has 2 aliphatic heterocycles. The van der Waals surface area contributed by atoms with E-state index in [1.807, 2.05) is 48.7 Å². The van der Waals surface area contributed by atoms with Crippen molar-refractivity contribution in [2.45, 2.75) is 19.1 Å². The van der Waals surface area contributed by atoms with Crippen molar-refractivity contribution in [1.29, 1.82) is 0 Å². The molecule has 3 aromatic rings. The maximum absolute atomic E-state index is 13.4. The van der Waals surface area contributed by atoms with Crippen LogP contribution < -0.4 is 9.96 Å². The Labute approximate surface area is 177 Å². The highest BCUT2D eigenvalue weighted by Crippen LogP contribution is 2.49. The Kier molecular flexibility index (Phi) is 4.42. The lowest BCUT2D eigenvalue weighted by molar-refractivity contribution is -0.126. The van der Waals surface area contributed by atoms with Crippen molar-refractivity contribution in [2.75, 3.05) is 9.96 Å². The minimum absolute atomic E-state index is 0.253. The maximum atomic E-state index is 13.4. The number of para-hydroxylation sites is 1. The van der Waals surface area contributed by atoms with E-state index in [1.165, 1.54) is 4.90 Å². The average molecular weight is 425 g/mol. The van der Waals surface area contributed by atoms with Crippen molar-refractivity contribution in [3.05, 3.63) is 81.5 Å². The molecule has 1 aromatic heterocycles. The number of benzene rings is 2. The van der Waals surface area contributed by atoms with E-state index in [-0.39, 0.29) is 17.9 Å². The lowest BCUT2D eigenvalue weighted by Gasteiger charge is -2.28. The van der Waals surface area contributed by atoms with Gasteiger partial charge in [0.05, 0.1) is 11.4 Å². The number of fused-ring (bicyclic) bond motifs is 1. The van der Waals surface area contributed by atoms with Crippen molar-refractivity contribution in [1.82, 2.24) is 0 Å². The predicted molar refractivity (Wildman–Crippen MR) is 113 cm³/mol. The SMILES string of the molecule is Cc1ccccc1N1O[C@@H]2C(=O)N(c3ccc(Cl)cc3)C(=O)[C@@H]2[C@@H]1c1cccs1. The second-order valence-electron chi connectivity index (χ2n) is 7.11. The summed E-state index contributed by atoms with van der Waals surface area (Å²) in [4.78, 5) is 35.0. The standard InChI is InChI=1S/C22H17ClN2O3S/c1-13-5-2-3-6-16(13)25-19(17-7-4-12-29-17)18-20(28-25)22(27)24(21(18)26)15-10-8-14(23)9-11-15/h2-12,18-20H,1H3/t18-,19+,20+/m1/s1. The molecule has 0 bridgehead atoms. The van der Waals surface area contributed by atoms with Crippen LogP contribution in [0.1, 0.15) is 16.5 Å². The van der Waals surface area contributed by atoms with Crippen molar-refractivity contribution in [3.8, 4) is 0 Å². The van der Waals surface area contributed by atoms with Crippen LogP contribution in [0.4, 0.5) is 11.4 Å². The molecule has 0 spiro atoms. The van der Waals surface area contributed by atoms with Gasteiger partial charge in [-0.25, -0.2) is 9.96 Å². The molecular weight excluding hydrogens is 408 g/mol. The quantitative estimate of drug-likeness (QED) is 0.569. The summed E-state index contributed by atoms with van der Waals surface area (Å²) in [6.07, 6.45) is -0.857. The summed E-state index contributed by atoms with van der Waals surface area (Å²) in [5, 5.41) is 4.26. The molecule has 0 radical (unpaired) electrons. The zero-order chi connectivity index (χ0) is 20.1. The number of hydroxylamine groups is 1. The number of aryl methyl sites for hydroxylation is 1. The zero-order valence-electron chi connectivity index (χ0n) is 15.5. The van der Waals surface area contributed by atoms with Gasteiger partial charge in [-0.05, 0) is 54.3 Å². The van der Waals surface area contributed by atoms with E-state index in [0.717, 1.165) is 16.1 Å². The van der Waals surface area contributed by atoms with Gasteiger partial charge in [0.25, 0.3) is 5.91 Å². The van der Waals surface area contributed by atoms with Gasteiger partial charge in [0.1, 0.15) is 12.0 Å². The van der Waals surface area contributed by atoms with Crippen LogP contribution in [0.2, 0.25) is 5.02 Å². The molecule has 2 aromatic carbocycles. The van der Waals surface area contributed by atoms with Gasteiger partial charge in [-0.15, -0.1) is 11.3 Å². The summed E-state index contributed by atoms with van der Waals surface area (Å²) in [6.45, 7) is 1.99. The summed E-state index contributed by atoms with van der Waals surface area (Å²) in [7, 11) is 0. The molecule has 3 atom stereocenters. The van der Waals surface area contributed by atoms with Gasteiger partial charge < -0.3 is 0 Å². The van der Waals surface area contributed by atoms with Crippen LogP contribution in [0.15, 0.2) is 66.0 Å². The van der Waals surface area contributed by atoms with Crippen molar-refractivity contribution in [2.24, 2.45) is 5.92 Å². The minimum atomic E-state index is -0.857. The molecule has 2 aliphatic rings. The highest BCUT2D eigenvalue weighted by molar-refractivity contribution is 7.10. The Bertz CT molecular complexity index is 1080. The Morgan fingerprint density at radius 2 is 1.72 bits per heavy atom. The smallest absolute Gasteiger partial charge is 0.266 e. The molecule has 29 heavy (non-hydrogen) atoms. The van der Waals surface area contributed by atoms with Gasteiger partial charge in [-0.1, -0.05) is 35.9 Å². The number of nitrogens with zero attached hydrogens (tertiary/aromatic N) is 2. The first-order chi connectivity index (χ1) is 14.1. The van der Waals surface area contributed by atoms with Crippen LogP contribution in [0.5, 0.6) is 0 Å². The molecule has 2 amide bonds. The first-order valence-electron chi connectivity index (χ1n) is 9.24. The monoisotopic (exact) mass is 424 g/mol. The molecule has 3 heterocycles.